The van der Waals surface area contributed by atoms with Crippen molar-refractivity contribution < 1.29 is 9.53 Å². The summed E-state index contributed by atoms with van der Waals surface area (Å²) in [5.74, 6) is 0.495. The molecule has 0 aromatic rings. The van der Waals surface area contributed by atoms with E-state index in [1.807, 2.05) is 13.8 Å². The van der Waals surface area contributed by atoms with E-state index in [0.717, 1.165) is 0 Å². The lowest BCUT2D eigenvalue weighted by Crippen LogP contribution is -2.07. The van der Waals surface area contributed by atoms with Gasteiger partial charge < -0.3 is 4.74 Å². The van der Waals surface area contributed by atoms with Crippen LogP contribution in [0.4, 0.5) is 0 Å². The van der Waals surface area contributed by atoms with E-state index in [-0.39, 0.29) is 11.9 Å². The fraction of sp³-hybridized carbons (Fsp3) is 0.833. The van der Waals surface area contributed by atoms with Crippen LogP contribution in [0.1, 0.15) is 13.8 Å². The molecule has 0 amide bonds. The summed E-state index contributed by atoms with van der Waals surface area (Å²) >= 11 is 0. The van der Waals surface area contributed by atoms with E-state index in [9.17, 15) is 4.79 Å². The number of esters is 1. The Morgan fingerprint density at radius 2 is 2.25 bits per heavy atom. The molecule has 0 bridgehead atoms. The molecule has 1 heterocycles. The van der Waals surface area contributed by atoms with Crippen molar-refractivity contribution in [3.8, 4) is 0 Å². The second-order valence-electron chi connectivity index (χ2n) is 2.40. The smallest absolute Gasteiger partial charge is 0.309 e. The maximum atomic E-state index is 10.6. The summed E-state index contributed by atoms with van der Waals surface area (Å²) < 4.78 is 4.74. The van der Waals surface area contributed by atoms with Crippen LogP contribution in [0.5, 0.6) is 0 Å². The molecule has 1 aliphatic heterocycles. The normalized spacial score (nSPS) is 37.5. The van der Waals surface area contributed by atoms with Crippen molar-refractivity contribution in [1.82, 2.24) is 0 Å². The number of hydrogen-bond donors (Lipinski definition) is 0. The van der Waals surface area contributed by atoms with Gasteiger partial charge in [0.25, 0.3) is 0 Å². The second-order valence-corrected chi connectivity index (χ2v) is 2.40. The predicted molar refractivity (Wildman–Crippen MR) is 29.3 cm³/mol. The van der Waals surface area contributed by atoms with Crippen LogP contribution >= 0.6 is 0 Å². The number of carbonyl (C=O) groups is 1. The standard InChI is InChI=1S/C6H10O2/c1-4-3-8-6(7)5(4)2/h4-5H,3H2,1-2H3/t4-,5?/m0/s1. The first kappa shape index (κ1) is 5.60. The van der Waals surface area contributed by atoms with Gasteiger partial charge in [0.2, 0.25) is 0 Å². The van der Waals surface area contributed by atoms with Gasteiger partial charge in [-0.2, -0.15) is 0 Å². The maximum Gasteiger partial charge on any atom is 0.309 e. The zero-order valence-corrected chi connectivity index (χ0v) is 5.18. The van der Waals surface area contributed by atoms with Crippen LogP contribution in [0.3, 0.4) is 0 Å². The second kappa shape index (κ2) is 1.77. The van der Waals surface area contributed by atoms with E-state index in [4.69, 9.17) is 4.74 Å². The topological polar surface area (TPSA) is 26.3 Å². The highest BCUT2D eigenvalue weighted by molar-refractivity contribution is 5.74. The highest BCUT2D eigenvalue weighted by atomic mass is 16.5. The Balaban J connectivity index is 2.56. The predicted octanol–water partition coefficient (Wildman–Crippen LogP) is 0.815. The van der Waals surface area contributed by atoms with Crippen LogP contribution < -0.4 is 0 Å². The van der Waals surface area contributed by atoms with Crippen molar-refractivity contribution in [2.75, 3.05) is 6.61 Å². The van der Waals surface area contributed by atoms with Gasteiger partial charge in [0, 0.05) is 5.92 Å². The van der Waals surface area contributed by atoms with E-state index < -0.39 is 0 Å². The van der Waals surface area contributed by atoms with Crippen molar-refractivity contribution >= 4 is 5.97 Å². The molecule has 0 spiro atoms. The average Bonchev–Trinajstić information content (AvgIpc) is 1.98. The van der Waals surface area contributed by atoms with E-state index in [1.165, 1.54) is 0 Å². The number of cyclic esters (lactones) is 1. The van der Waals surface area contributed by atoms with E-state index in [0.29, 0.717) is 12.5 Å². The molecule has 1 fully saturated rings. The van der Waals surface area contributed by atoms with Crippen molar-refractivity contribution in [3.63, 3.8) is 0 Å². The molecule has 1 saturated heterocycles. The first-order valence-electron chi connectivity index (χ1n) is 2.88. The molecule has 1 aliphatic rings. The van der Waals surface area contributed by atoms with Crippen molar-refractivity contribution in [2.45, 2.75) is 13.8 Å². The summed E-state index contributed by atoms with van der Waals surface area (Å²) in [6.07, 6.45) is 0. The number of carbonyl (C=O) groups excluding carboxylic acids is 1. The summed E-state index contributed by atoms with van der Waals surface area (Å²) in [7, 11) is 0. The quantitative estimate of drug-likeness (QED) is 0.436. The Morgan fingerprint density at radius 3 is 2.38 bits per heavy atom. The third-order valence-electron chi connectivity index (χ3n) is 1.71. The van der Waals surface area contributed by atoms with Gasteiger partial charge in [-0.3, -0.25) is 4.79 Å². The van der Waals surface area contributed by atoms with Gasteiger partial charge in [-0.1, -0.05) is 13.8 Å². The highest BCUT2D eigenvalue weighted by Crippen LogP contribution is 2.19. The van der Waals surface area contributed by atoms with Crippen LogP contribution in [-0.2, 0) is 9.53 Å². The van der Waals surface area contributed by atoms with Gasteiger partial charge in [-0.15, -0.1) is 0 Å². The largest absolute Gasteiger partial charge is 0.465 e. The van der Waals surface area contributed by atoms with Crippen LogP contribution in [-0.4, -0.2) is 12.6 Å². The van der Waals surface area contributed by atoms with Gasteiger partial charge in [0.05, 0.1) is 12.5 Å². The minimum absolute atomic E-state index is 0.0440. The molecule has 1 rings (SSSR count). The average molecular weight is 114 g/mol. The molecule has 8 heavy (non-hydrogen) atoms. The molecule has 0 radical (unpaired) electrons. The fourth-order valence-electron chi connectivity index (χ4n) is 0.722. The van der Waals surface area contributed by atoms with E-state index >= 15 is 0 Å². The summed E-state index contributed by atoms with van der Waals surface area (Å²) in [4.78, 5) is 10.6. The van der Waals surface area contributed by atoms with Crippen molar-refractivity contribution in [3.05, 3.63) is 0 Å². The molecule has 0 saturated carbocycles. The van der Waals surface area contributed by atoms with Gasteiger partial charge in [-0.05, 0) is 0 Å². The third-order valence-corrected chi connectivity index (χ3v) is 1.71. The van der Waals surface area contributed by atoms with Crippen molar-refractivity contribution in [1.29, 1.82) is 0 Å². The van der Waals surface area contributed by atoms with Gasteiger partial charge in [0.15, 0.2) is 0 Å². The minimum Gasteiger partial charge on any atom is -0.465 e. The summed E-state index contributed by atoms with van der Waals surface area (Å²) in [6.45, 7) is 4.54. The molecule has 0 aromatic carbocycles. The first-order valence-corrected chi connectivity index (χ1v) is 2.88. The molecule has 2 atom stereocenters. The molecule has 2 nitrogen and oxygen atoms in total. The molecular weight excluding hydrogens is 104 g/mol. The molecule has 0 aliphatic carbocycles. The molecule has 2 heteroatoms. The van der Waals surface area contributed by atoms with Crippen LogP contribution in [0.25, 0.3) is 0 Å². The lowest BCUT2D eigenvalue weighted by atomic mass is 10.0. The van der Waals surface area contributed by atoms with Gasteiger partial charge >= 0.3 is 5.97 Å². The summed E-state index contributed by atoms with van der Waals surface area (Å²) in [5.41, 5.74) is 0. The molecular formula is C6H10O2. The zero-order valence-electron chi connectivity index (χ0n) is 5.18. The molecule has 46 valence electrons. The third kappa shape index (κ3) is 0.703. The maximum absolute atomic E-state index is 10.6. The number of ether oxygens (including phenoxy) is 1. The number of hydrogen-bond acceptors (Lipinski definition) is 2. The lowest BCUT2D eigenvalue weighted by Gasteiger charge is -1.98. The Morgan fingerprint density at radius 1 is 1.62 bits per heavy atom. The Kier molecular flexibility index (Phi) is 1.24. The van der Waals surface area contributed by atoms with Gasteiger partial charge in [0.1, 0.15) is 0 Å². The zero-order chi connectivity index (χ0) is 6.15. The van der Waals surface area contributed by atoms with Gasteiger partial charge in [-0.25, -0.2) is 0 Å². The Labute approximate surface area is 48.8 Å². The monoisotopic (exact) mass is 114 g/mol. The van der Waals surface area contributed by atoms with Crippen LogP contribution in [0.2, 0.25) is 0 Å². The van der Waals surface area contributed by atoms with Crippen LogP contribution in [0.15, 0.2) is 0 Å². The molecule has 0 N–H and O–H groups in total. The summed E-state index contributed by atoms with van der Waals surface area (Å²) in [5, 5.41) is 0. The SMILES string of the molecule is CC1C(=O)OC[C@@H]1C. The molecule has 0 aromatic heterocycles. The fourth-order valence-corrected chi connectivity index (χ4v) is 0.722. The molecule has 1 unspecified atom stereocenters. The van der Waals surface area contributed by atoms with E-state index in [2.05, 4.69) is 0 Å². The Hall–Kier alpha value is -0.530. The summed E-state index contributed by atoms with van der Waals surface area (Å²) in [6, 6.07) is 0. The number of rotatable bonds is 0. The minimum atomic E-state index is -0.0440. The highest BCUT2D eigenvalue weighted by Gasteiger charge is 2.28. The van der Waals surface area contributed by atoms with Crippen LogP contribution in [0, 0.1) is 11.8 Å². The van der Waals surface area contributed by atoms with E-state index in [1.54, 1.807) is 0 Å². The van der Waals surface area contributed by atoms with Crippen molar-refractivity contribution in [2.24, 2.45) is 11.8 Å². The first-order chi connectivity index (χ1) is 3.72. The lowest BCUT2D eigenvalue weighted by molar-refractivity contribution is -0.140. The Bertz CT molecular complexity index is 109.